The van der Waals surface area contributed by atoms with Gasteiger partial charge in [-0.3, -0.25) is 9.48 Å². The highest BCUT2D eigenvalue weighted by molar-refractivity contribution is 7.17. The molecule has 0 atom stereocenters. The van der Waals surface area contributed by atoms with Crippen LogP contribution in [-0.2, 0) is 13.6 Å². The lowest BCUT2D eigenvalue weighted by atomic mass is 10.2. The number of carbonyl (C=O) groups is 1. The molecule has 2 aromatic rings. The van der Waals surface area contributed by atoms with Crippen LogP contribution < -0.4 is 5.32 Å². The first kappa shape index (κ1) is 12.0. The van der Waals surface area contributed by atoms with Gasteiger partial charge in [0.25, 0.3) is 5.91 Å². The number of hydrogen-bond donors (Lipinski definition) is 1. The summed E-state index contributed by atoms with van der Waals surface area (Å²) in [5.74, 6) is -0.280. The van der Waals surface area contributed by atoms with Crippen LogP contribution in [0.1, 0.15) is 21.1 Å². The second kappa shape index (κ2) is 4.80. The Morgan fingerprint density at radius 3 is 2.88 bits per heavy atom. The van der Waals surface area contributed by atoms with Crippen molar-refractivity contribution in [3.8, 4) is 0 Å². The molecular formula is C9H10ClN5OS. The van der Waals surface area contributed by atoms with Crippen LogP contribution >= 0.6 is 22.9 Å². The molecule has 1 N–H and O–H groups in total. The molecule has 0 fully saturated rings. The lowest BCUT2D eigenvalue weighted by molar-refractivity contribution is 0.0950. The fraction of sp³-hybridized carbons (Fsp3) is 0.333. The minimum Gasteiger partial charge on any atom is -0.346 e. The van der Waals surface area contributed by atoms with Gasteiger partial charge in [-0.05, 0) is 18.5 Å². The van der Waals surface area contributed by atoms with E-state index in [0.717, 1.165) is 22.6 Å². The van der Waals surface area contributed by atoms with E-state index >= 15 is 0 Å². The smallest absolute Gasteiger partial charge is 0.282 e. The quantitative estimate of drug-likeness (QED) is 0.909. The van der Waals surface area contributed by atoms with E-state index < -0.39 is 0 Å². The van der Waals surface area contributed by atoms with E-state index in [9.17, 15) is 4.79 Å². The van der Waals surface area contributed by atoms with Crippen molar-refractivity contribution < 1.29 is 4.79 Å². The number of carbonyl (C=O) groups excluding carboxylic acids is 1. The molecule has 0 spiro atoms. The van der Waals surface area contributed by atoms with Crippen LogP contribution in [0.5, 0.6) is 0 Å². The molecule has 0 aliphatic heterocycles. The summed E-state index contributed by atoms with van der Waals surface area (Å²) in [4.78, 5) is 11.7. The maximum Gasteiger partial charge on any atom is 0.282 e. The average molecular weight is 272 g/mol. The first-order valence-corrected chi connectivity index (χ1v) is 6.02. The molecule has 2 heterocycles. The third kappa shape index (κ3) is 2.80. The molecule has 0 radical (unpaired) electrons. The summed E-state index contributed by atoms with van der Waals surface area (Å²) in [5.41, 5.74) is 1.86. The van der Waals surface area contributed by atoms with Crippen molar-refractivity contribution in [1.82, 2.24) is 25.3 Å². The van der Waals surface area contributed by atoms with Crippen LogP contribution in [-0.4, -0.2) is 25.9 Å². The highest BCUT2D eigenvalue weighted by atomic mass is 35.5. The van der Waals surface area contributed by atoms with Gasteiger partial charge in [0.1, 0.15) is 0 Å². The lowest BCUT2D eigenvalue weighted by Crippen LogP contribution is -2.22. The van der Waals surface area contributed by atoms with E-state index in [1.54, 1.807) is 4.68 Å². The molecular weight excluding hydrogens is 262 g/mol. The van der Waals surface area contributed by atoms with E-state index in [0.29, 0.717) is 6.54 Å². The third-order valence-electron chi connectivity index (χ3n) is 2.15. The Balaban J connectivity index is 1.99. The molecule has 2 rings (SSSR count). The number of aryl methyl sites for hydroxylation is 2. The Hall–Kier alpha value is -1.47. The van der Waals surface area contributed by atoms with Gasteiger partial charge in [-0.25, -0.2) is 0 Å². The number of aromatic nitrogens is 4. The number of nitrogens with zero attached hydrogens (tertiary/aromatic N) is 4. The normalized spacial score (nSPS) is 10.5. The fourth-order valence-corrected chi connectivity index (χ4v) is 2.12. The number of amides is 1. The molecule has 8 heteroatoms. The summed E-state index contributed by atoms with van der Waals surface area (Å²) in [6.07, 6.45) is 1.86. The van der Waals surface area contributed by atoms with Crippen LogP contribution in [0.15, 0.2) is 6.20 Å². The van der Waals surface area contributed by atoms with Crippen LogP contribution in [0.2, 0.25) is 4.47 Å². The zero-order chi connectivity index (χ0) is 12.4. The number of hydrogen-bond acceptors (Lipinski definition) is 5. The van der Waals surface area contributed by atoms with E-state index in [1.165, 1.54) is 0 Å². The highest BCUT2D eigenvalue weighted by Crippen LogP contribution is 2.14. The van der Waals surface area contributed by atoms with Gasteiger partial charge in [-0.1, -0.05) is 11.3 Å². The Morgan fingerprint density at radius 2 is 2.35 bits per heavy atom. The van der Waals surface area contributed by atoms with Crippen molar-refractivity contribution in [2.75, 3.05) is 0 Å². The van der Waals surface area contributed by atoms with Crippen molar-refractivity contribution in [1.29, 1.82) is 0 Å². The molecule has 0 aliphatic rings. The summed E-state index contributed by atoms with van der Waals surface area (Å²) in [6.45, 7) is 2.30. The molecule has 0 unspecified atom stereocenters. The van der Waals surface area contributed by atoms with Crippen LogP contribution in [0, 0.1) is 6.92 Å². The summed E-state index contributed by atoms with van der Waals surface area (Å²) in [6, 6.07) is 0. The summed E-state index contributed by atoms with van der Waals surface area (Å²) < 4.78 is 1.96. The summed E-state index contributed by atoms with van der Waals surface area (Å²) in [5, 5.41) is 14.4. The van der Waals surface area contributed by atoms with Gasteiger partial charge < -0.3 is 5.32 Å². The maximum absolute atomic E-state index is 11.7. The summed E-state index contributed by atoms with van der Waals surface area (Å²) in [7, 11) is 1.84. The van der Waals surface area contributed by atoms with Gasteiger partial charge in [-0.15, -0.1) is 10.2 Å². The van der Waals surface area contributed by atoms with Crippen molar-refractivity contribution in [2.24, 2.45) is 7.05 Å². The fourth-order valence-electron chi connectivity index (χ4n) is 1.37. The van der Waals surface area contributed by atoms with Crippen LogP contribution in [0.4, 0.5) is 0 Å². The first-order valence-electron chi connectivity index (χ1n) is 4.82. The first-order chi connectivity index (χ1) is 8.06. The zero-order valence-corrected chi connectivity index (χ0v) is 10.8. The van der Waals surface area contributed by atoms with E-state index in [2.05, 4.69) is 20.6 Å². The van der Waals surface area contributed by atoms with E-state index in [-0.39, 0.29) is 15.4 Å². The van der Waals surface area contributed by atoms with Gasteiger partial charge in [0.15, 0.2) is 0 Å². The molecule has 0 saturated heterocycles. The second-order valence-electron chi connectivity index (χ2n) is 3.46. The van der Waals surface area contributed by atoms with Gasteiger partial charge >= 0.3 is 0 Å². The predicted octanol–water partition coefficient (Wildman–Crippen LogP) is 1.16. The standard InChI is InChI=1S/C9H10ClN5OS/c1-5-6(4-15(2)14-5)3-11-7(16)8-12-13-9(10)17-8/h4H,3H2,1-2H3,(H,11,16). The molecule has 2 aromatic heterocycles. The van der Waals surface area contributed by atoms with Gasteiger partial charge in [0.05, 0.1) is 5.69 Å². The third-order valence-corrected chi connectivity index (χ3v) is 3.17. The van der Waals surface area contributed by atoms with Crippen molar-refractivity contribution in [2.45, 2.75) is 13.5 Å². The lowest BCUT2D eigenvalue weighted by Gasteiger charge is -2.00. The van der Waals surface area contributed by atoms with Crippen LogP contribution in [0.3, 0.4) is 0 Å². The molecule has 0 saturated carbocycles. The monoisotopic (exact) mass is 271 g/mol. The van der Waals surface area contributed by atoms with E-state index in [1.807, 2.05) is 20.2 Å². The molecule has 6 nitrogen and oxygen atoms in total. The van der Waals surface area contributed by atoms with Gasteiger partial charge in [0.2, 0.25) is 9.47 Å². The maximum atomic E-state index is 11.7. The van der Waals surface area contributed by atoms with Gasteiger partial charge in [0, 0.05) is 25.4 Å². The molecule has 0 aromatic carbocycles. The SMILES string of the molecule is Cc1nn(C)cc1CNC(=O)c1nnc(Cl)s1. The molecule has 17 heavy (non-hydrogen) atoms. The highest BCUT2D eigenvalue weighted by Gasteiger charge is 2.12. The minimum atomic E-state index is -0.280. The average Bonchev–Trinajstić information content (AvgIpc) is 2.82. The van der Waals surface area contributed by atoms with E-state index in [4.69, 9.17) is 11.6 Å². The Morgan fingerprint density at radius 1 is 1.59 bits per heavy atom. The number of nitrogens with one attached hydrogen (secondary N) is 1. The predicted molar refractivity (Wildman–Crippen MR) is 64.0 cm³/mol. The molecule has 1 amide bonds. The Kier molecular flexibility index (Phi) is 3.39. The van der Waals surface area contributed by atoms with Crippen molar-refractivity contribution in [3.05, 3.63) is 26.9 Å². The minimum absolute atomic E-state index is 0.257. The van der Waals surface area contributed by atoms with Crippen molar-refractivity contribution in [3.63, 3.8) is 0 Å². The topological polar surface area (TPSA) is 72.7 Å². The Labute approximate surface area is 107 Å². The second-order valence-corrected chi connectivity index (χ2v) is 5.02. The van der Waals surface area contributed by atoms with Crippen molar-refractivity contribution >= 4 is 28.8 Å². The zero-order valence-electron chi connectivity index (χ0n) is 9.27. The van der Waals surface area contributed by atoms with Gasteiger partial charge in [-0.2, -0.15) is 5.10 Å². The molecule has 0 aliphatic carbocycles. The molecule has 0 bridgehead atoms. The van der Waals surface area contributed by atoms with Crippen LogP contribution in [0.25, 0.3) is 0 Å². The largest absolute Gasteiger partial charge is 0.346 e. The number of halogens is 1. The number of rotatable bonds is 3. The molecule has 90 valence electrons. The Bertz CT molecular complexity index is 549. The summed E-state index contributed by atoms with van der Waals surface area (Å²) >= 11 is 6.65.